The van der Waals surface area contributed by atoms with Crippen molar-refractivity contribution in [2.75, 3.05) is 28.3 Å². The molecule has 0 heterocycles. The molecule has 1 saturated carbocycles. The summed E-state index contributed by atoms with van der Waals surface area (Å²) in [6.07, 6.45) is 3.57. The Bertz CT molecular complexity index is 220. The van der Waals surface area contributed by atoms with Crippen LogP contribution in [-0.2, 0) is 4.84 Å². The second kappa shape index (κ2) is 14.8. The van der Waals surface area contributed by atoms with Crippen LogP contribution in [0.5, 0.6) is 0 Å². The fourth-order valence-electron chi connectivity index (χ4n) is 2.01. The Labute approximate surface area is 128 Å². The van der Waals surface area contributed by atoms with Crippen molar-refractivity contribution in [2.45, 2.75) is 67.7 Å². The molecule has 1 unspecified atom stereocenters. The van der Waals surface area contributed by atoms with Crippen molar-refractivity contribution in [3.05, 3.63) is 0 Å². The third-order valence-corrected chi connectivity index (χ3v) is 2.69. The van der Waals surface area contributed by atoms with Crippen LogP contribution in [0.15, 0.2) is 5.16 Å². The third kappa shape index (κ3) is 15.5. The number of oxime groups is 1. The summed E-state index contributed by atoms with van der Waals surface area (Å²) < 4.78 is 0. The molecule has 3 heteroatoms. The molecule has 0 N–H and O–H groups in total. The fraction of sp³-hybridized carbons (Fsp3) is 0.941. The molecular weight excluding hydrogens is 248 g/mol. The molecule has 0 amide bonds. The molecule has 1 atom stereocenters. The van der Waals surface area contributed by atoms with Gasteiger partial charge < -0.3 is 9.74 Å². The summed E-state index contributed by atoms with van der Waals surface area (Å²) in [5.74, 6) is 0.591. The van der Waals surface area contributed by atoms with Crippen LogP contribution >= 0.6 is 0 Å². The SMILES string of the molecule is CC.CC.CN(C)C.CO/N=C1\CCC(C)(C)CC1C. The molecule has 20 heavy (non-hydrogen) atoms. The van der Waals surface area contributed by atoms with Gasteiger partial charge in [0.25, 0.3) is 0 Å². The molecule has 0 bridgehead atoms. The first-order chi connectivity index (χ1) is 9.28. The van der Waals surface area contributed by atoms with E-state index in [9.17, 15) is 0 Å². The van der Waals surface area contributed by atoms with Crippen molar-refractivity contribution in [1.82, 2.24) is 4.90 Å². The molecule has 124 valence electrons. The monoisotopic (exact) mass is 288 g/mol. The summed E-state index contributed by atoms with van der Waals surface area (Å²) in [5, 5.41) is 4.05. The molecule has 0 aromatic carbocycles. The molecule has 0 spiro atoms. The highest BCUT2D eigenvalue weighted by Gasteiger charge is 2.29. The van der Waals surface area contributed by atoms with Gasteiger partial charge in [-0.05, 0) is 51.7 Å². The maximum absolute atomic E-state index is 4.81. The van der Waals surface area contributed by atoms with Gasteiger partial charge in [0.2, 0.25) is 0 Å². The number of hydrogen-bond acceptors (Lipinski definition) is 3. The number of hydrogen-bond donors (Lipinski definition) is 0. The van der Waals surface area contributed by atoms with Gasteiger partial charge in [0.05, 0.1) is 5.71 Å². The zero-order valence-corrected chi connectivity index (χ0v) is 16.0. The maximum Gasteiger partial charge on any atom is 0.106 e. The fourth-order valence-corrected chi connectivity index (χ4v) is 2.01. The van der Waals surface area contributed by atoms with E-state index < -0.39 is 0 Å². The average Bonchev–Trinajstić information content (AvgIpc) is 2.37. The highest BCUT2D eigenvalue weighted by atomic mass is 16.6. The predicted molar refractivity (Wildman–Crippen MR) is 93.5 cm³/mol. The Morgan fingerprint density at radius 3 is 1.80 bits per heavy atom. The summed E-state index contributed by atoms with van der Waals surface area (Å²) in [4.78, 5) is 6.81. The van der Waals surface area contributed by atoms with Gasteiger partial charge in [-0.1, -0.05) is 53.6 Å². The van der Waals surface area contributed by atoms with E-state index in [2.05, 4.69) is 25.9 Å². The minimum Gasteiger partial charge on any atom is -0.399 e. The molecule has 0 radical (unpaired) electrons. The van der Waals surface area contributed by atoms with Gasteiger partial charge in [-0.25, -0.2) is 0 Å². The van der Waals surface area contributed by atoms with Gasteiger partial charge >= 0.3 is 0 Å². The first kappa shape index (κ1) is 24.4. The quantitative estimate of drug-likeness (QED) is 0.630. The van der Waals surface area contributed by atoms with Crippen LogP contribution in [0.3, 0.4) is 0 Å². The van der Waals surface area contributed by atoms with Crippen molar-refractivity contribution >= 4 is 5.71 Å². The largest absolute Gasteiger partial charge is 0.399 e. The Balaban J connectivity index is -0.000000306. The predicted octanol–water partition coefficient (Wildman–Crippen LogP) is 5.07. The number of nitrogens with zero attached hydrogens (tertiary/aromatic N) is 2. The van der Waals surface area contributed by atoms with Gasteiger partial charge in [-0.3, -0.25) is 0 Å². The van der Waals surface area contributed by atoms with Crippen molar-refractivity contribution in [3.8, 4) is 0 Å². The Morgan fingerprint density at radius 2 is 1.50 bits per heavy atom. The van der Waals surface area contributed by atoms with Gasteiger partial charge in [0.15, 0.2) is 0 Å². The summed E-state index contributed by atoms with van der Waals surface area (Å²) in [6.45, 7) is 14.9. The maximum atomic E-state index is 4.81. The van der Waals surface area contributed by atoms with E-state index in [1.54, 1.807) is 7.11 Å². The van der Waals surface area contributed by atoms with E-state index in [-0.39, 0.29) is 0 Å². The molecular formula is C17H40N2O. The lowest BCUT2D eigenvalue weighted by atomic mass is 9.72. The summed E-state index contributed by atoms with van der Waals surface area (Å²) in [7, 11) is 7.62. The molecule has 1 fully saturated rings. The van der Waals surface area contributed by atoms with Gasteiger partial charge in [0.1, 0.15) is 7.11 Å². The third-order valence-electron chi connectivity index (χ3n) is 2.69. The van der Waals surface area contributed by atoms with E-state index >= 15 is 0 Å². The second-order valence-corrected chi connectivity index (χ2v) is 5.88. The highest BCUT2D eigenvalue weighted by Crippen LogP contribution is 2.36. The highest BCUT2D eigenvalue weighted by molar-refractivity contribution is 5.86. The van der Waals surface area contributed by atoms with Gasteiger partial charge in [0, 0.05) is 0 Å². The molecule has 0 aromatic heterocycles. The molecule has 1 aliphatic carbocycles. The second-order valence-electron chi connectivity index (χ2n) is 5.88. The van der Waals surface area contributed by atoms with Gasteiger partial charge in [-0.15, -0.1) is 0 Å². The molecule has 0 saturated heterocycles. The van der Waals surface area contributed by atoms with Crippen LogP contribution in [0.4, 0.5) is 0 Å². The summed E-state index contributed by atoms with van der Waals surface area (Å²) in [5.41, 5.74) is 1.73. The molecule has 1 aliphatic rings. The number of rotatable bonds is 1. The van der Waals surface area contributed by atoms with Crippen LogP contribution in [0.1, 0.15) is 67.7 Å². The van der Waals surface area contributed by atoms with Crippen LogP contribution in [0, 0.1) is 11.3 Å². The van der Waals surface area contributed by atoms with Crippen molar-refractivity contribution in [2.24, 2.45) is 16.5 Å². The van der Waals surface area contributed by atoms with E-state index in [1.807, 2.05) is 53.7 Å². The Morgan fingerprint density at radius 1 is 1.10 bits per heavy atom. The van der Waals surface area contributed by atoms with Crippen LogP contribution < -0.4 is 0 Å². The van der Waals surface area contributed by atoms with E-state index in [1.165, 1.54) is 18.6 Å². The minimum atomic E-state index is 0.492. The Hall–Kier alpha value is -0.570. The van der Waals surface area contributed by atoms with Crippen molar-refractivity contribution in [1.29, 1.82) is 0 Å². The molecule has 0 aliphatic heterocycles. The van der Waals surface area contributed by atoms with Crippen molar-refractivity contribution < 1.29 is 4.84 Å². The smallest absolute Gasteiger partial charge is 0.106 e. The molecule has 1 rings (SSSR count). The average molecular weight is 289 g/mol. The van der Waals surface area contributed by atoms with Crippen molar-refractivity contribution in [3.63, 3.8) is 0 Å². The minimum absolute atomic E-state index is 0.492. The normalized spacial score (nSPS) is 21.6. The van der Waals surface area contributed by atoms with E-state index in [4.69, 9.17) is 4.84 Å². The first-order valence-electron chi connectivity index (χ1n) is 7.99. The zero-order chi connectivity index (χ0) is 16.8. The Kier molecular flexibility index (Phi) is 18.1. The lowest BCUT2D eigenvalue weighted by Crippen LogP contribution is -2.28. The summed E-state index contributed by atoms with van der Waals surface area (Å²) in [6, 6.07) is 0. The lowest BCUT2D eigenvalue weighted by Gasteiger charge is -2.34. The standard InChI is InChI=1S/C10H19NO.C3H9N.2C2H6/c1-8-7-10(2,3)6-5-9(8)11-12-4;1-4(2)3;2*1-2/h8H,5-7H2,1-4H3;1-3H3;2*1-2H3/b11-9+;;;. The van der Waals surface area contributed by atoms with Crippen LogP contribution in [0.2, 0.25) is 0 Å². The van der Waals surface area contributed by atoms with Gasteiger partial charge in [-0.2, -0.15) is 0 Å². The summed E-state index contributed by atoms with van der Waals surface area (Å²) >= 11 is 0. The zero-order valence-electron chi connectivity index (χ0n) is 16.0. The molecule has 0 aromatic rings. The van der Waals surface area contributed by atoms with Crippen LogP contribution in [0.25, 0.3) is 0 Å². The first-order valence-corrected chi connectivity index (χ1v) is 7.99. The van der Waals surface area contributed by atoms with Crippen LogP contribution in [-0.4, -0.2) is 38.9 Å². The van der Waals surface area contributed by atoms with E-state index in [0.29, 0.717) is 11.3 Å². The lowest BCUT2D eigenvalue weighted by molar-refractivity contribution is 0.199. The van der Waals surface area contributed by atoms with E-state index in [0.717, 1.165) is 6.42 Å². The molecule has 3 nitrogen and oxygen atoms in total. The topological polar surface area (TPSA) is 24.8 Å².